The minimum absolute atomic E-state index is 0.253. The maximum atomic E-state index is 13.6. The lowest BCUT2D eigenvalue weighted by molar-refractivity contribution is 0.625. The third-order valence-corrected chi connectivity index (χ3v) is 4.37. The number of anilines is 2. The van der Waals surface area contributed by atoms with Crippen LogP contribution in [0.4, 0.5) is 15.8 Å². The summed E-state index contributed by atoms with van der Waals surface area (Å²) in [4.78, 5) is 0. The molecule has 1 fully saturated rings. The third-order valence-electron chi connectivity index (χ3n) is 3.14. The zero-order valence-electron chi connectivity index (χ0n) is 10.1. The highest BCUT2D eigenvalue weighted by Gasteiger charge is 2.24. The molecule has 1 aromatic carbocycles. The van der Waals surface area contributed by atoms with Crippen LogP contribution >= 0.6 is 11.8 Å². The molecule has 0 spiro atoms. The first-order chi connectivity index (χ1) is 8.19. The van der Waals surface area contributed by atoms with Crippen LogP contribution in [0.5, 0.6) is 0 Å². The number of hydrogen-bond donors (Lipinski definition) is 2. The monoisotopic (exact) mass is 254 g/mol. The molecule has 17 heavy (non-hydrogen) atoms. The van der Waals surface area contributed by atoms with Crippen LogP contribution in [0.3, 0.4) is 0 Å². The molecule has 3 N–H and O–H groups in total. The molecular formula is C13H19FN2S. The van der Waals surface area contributed by atoms with E-state index in [1.165, 1.54) is 12.5 Å². The van der Waals surface area contributed by atoms with E-state index in [-0.39, 0.29) is 5.82 Å². The average Bonchev–Trinajstić information content (AvgIpc) is 2.71. The van der Waals surface area contributed by atoms with Crippen LogP contribution in [0.15, 0.2) is 18.2 Å². The van der Waals surface area contributed by atoms with Crippen LogP contribution < -0.4 is 11.1 Å². The number of nitrogens with two attached hydrogens (primary N) is 1. The molecule has 1 aliphatic rings. The van der Waals surface area contributed by atoms with Gasteiger partial charge >= 0.3 is 0 Å². The number of rotatable bonds is 4. The largest absolute Gasteiger partial charge is 0.399 e. The van der Waals surface area contributed by atoms with Gasteiger partial charge in [0.25, 0.3) is 0 Å². The summed E-state index contributed by atoms with van der Waals surface area (Å²) in [6.07, 6.45) is 3.48. The Morgan fingerprint density at radius 3 is 3.00 bits per heavy atom. The van der Waals surface area contributed by atoms with Gasteiger partial charge < -0.3 is 11.1 Å². The maximum Gasteiger partial charge on any atom is 0.148 e. The summed E-state index contributed by atoms with van der Waals surface area (Å²) in [5.41, 5.74) is 6.57. The van der Waals surface area contributed by atoms with Crippen molar-refractivity contribution in [3.05, 3.63) is 24.0 Å². The number of nitrogens with one attached hydrogen (secondary N) is 1. The van der Waals surface area contributed by atoms with E-state index in [0.717, 1.165) is 23.8 Å². The number of benzene rings is 1. The SMILES string of the molecule is CCSC1CCC(Nc2ccc(N)cc2F)C1. The van der Waals surface area contributed by atoms with Gasteiger partial charge in [0, 0.05) is 17.0 Å². The minimum Gasteiger partial charge on any atom is -0.399 e. The van der Waals surface area contributed by atoms with E-state index >= 15 is 0 Å². The first-order valence-electron chi connectivity index (χ1n) is 6.12. The van der Waals surface area contributed by atoms with E-state index in [0.29, 0.717) is 17.4 Å². The Balaban J connectivity index is 1.93. The van der Waals surface area contributed by atoms with Gasteiger partial charge in [-0.3, -0.25) is 0 Å². The first kappa shape index (κ1) is 12.6. The third kappa shape index (κ3) is 3.28. The van der Waals surface area contributed by atoms with Crippen LogP contribution in [0, 0.1) is 5.82 Å². The minimum atomic E-state index is -0.253. The van der Waals surface area contributed by atoms with Crippen molar-refractivity contribution in [2.75, 3.05) is 16.8 Å². The molecule has 0 radical (unpaired) electrons. The second-order valence-electron chi connectivity index (χ2n) is 4.47. The standard InChI is InChI=1S/C13H19FN2S/c1-2-17-11-5-4-10(8-11)16-13-6-3-9(15)7-12(13)14/h3,6-7,10-11,16H,2,4-5,8,15H2,1H3. The Bertz CT molecular complexity index is 384. The summed E-state index contributed by atoms with van der Waals surface area (Å²) in [5.74, 6) is 0.907. The number of halogens is 1. The Morgan fingerprint density at radius 1 is 1.47 bits per heavy atom. The van der Waals surface area contributed by atoms with Gasteiger partial charge in [-0.05, 0) is 43.2 Å². The second-order valence-corrected chi connectivity index (χ2v) is 6.05. The summed E-state index contributed by atoms with van der Waals surface area (Å²) < 4.78 is 13.6. The molecule has 0 saturated heterocycles. The Labute approximate surface area is 106 Å². The predicted molar refractivity (Wildman–Crippen MR) is 74.0 cm³/mol. The average molecular weight is 254 g/mol. The highest BCUT2D eigenvalue weighted by Crippen LogP contribution is 2.32. The molecular weight excluding hydrogens is 235 g/mol. The van der Waals surface area contributed by atoms with Crippen LogP contribution in [-0.4, -0.2) is 17.0 Å². The zero-order valence-corrected chi connectivity index (χ0v) is 10.9. The smallest absolute Gasteiger partial charge is 0.148 e. The second kappa shape index (κ2) is 5.63. The molecule has 0 bridgehead atoms. The molecule has 0 aromatic heterocycles. The lowest BCUT2D eigenvalue weighted by Gasteiger charge is -2.15. The number of thioether (sulfide) groups is 1. The molecule has 94 valence electrons. The summed E-state index contributed by atoms with van der Waals surface area (Å²) in [5, 5.41) is 4.01. The summed E-state index contributed by atoms with van der Waals surface area (Å²) in [6.45, 7) is 2.19. The van der Waals surface area contributed by atoms with Crippen molar-refractivity contribution in [1.29, 1.82) is 0 Å². The van der Waals surface area contributed by atoms with Crippen molar-refractivity contribution >= 4 is 23.1 Å². The normalized spacial score (nSPS) is 23.9. The van der Waals surface area contributed by atoms with E-state index in [4.69, 9.17) is 5.73 Å². The van der Waals surface area contributed by atoms with Gasteiger partial charge in [0.15, 0.2) is 0 Å². The molecule has 0 aliphatic heterocycles. The van der Waals surface area contributed by atoms with E-state index in [2.05, 4.69) is 12.2 Å². The maximum absolute atomic E-state index is 13.6. The Hall–Kier alpha value is -0.900. The highest BCUT2D eigenvalue weighted by atomic mass is 32.2. The molecule has 1 aromatic rings. The highest BCUT2D eigenvalue weighted by molar-refractivity contribution is 7.99. The molecule has 1 aliphatic carbocycles. The van der Waals surface area contributed by atoms with E-state index in [9.17, 15) is 4.39 Å². The summed E-state index contributed by atoms with van der Waals surface area (Å²) >= 11 is 2.01. The van der Waals surface area contributed by atoms with Gasteiger partial charge in [-0.25, -0.2) is 4.39 Å². The van der Waals surface area contributed by atoms with Crippen molar-refractivity contribution < 1.29 is 4.39 Å². The lowest BCUT2D eigenvalue weighted by Crippen LogP contribution is -2.17. The van der Waals surface area contributed by atoms with Gasteiger partial charge in [-0.1, -0.05) is 6.92 Å². The zero-order chi connectivity index (χ0) is 12.3. The van der Waals surface area contributed by atoms with Gasteiger partial charge in [0.05, 0.1) is 5.69 Å². The fourth-order valence-electron chi connectivity index (χ4n) is 2.33. The Kier molecular flexibility index (Phi) is 4.15. The Morgan fingerprint density at radius 2 is 2.29 bits per heavy atom. The molecule has 0 heterocycles. The molecule has 4 heteroatoms. The first-order valence-corrected chi connectivity index (χ1v) is 7.17. The number of nitrogen functional groups attached to an aromatic ring is 1. The van der Waals surface area contributed by atoms with Crippen LogP contribution in [0.25, 0.3) is 0 Å². The van der Waals surface area contributed by atoms with Crippen LogP contribution in [0.2, 0.25) is 0 Å². The lowest BCUT2D eigenvalue weighted by atomic mass is 10.2. The van der Waals surface area contributed by atoms with Gasteiger partial charge in [0.1, 0.15) is 5.82 Å². The summed E-state index contributed by atoms with van der Waals surface area (Å²) in [6, 6.07) is 5.23. The quantitative estimate of drug-likeness (QED) is 0.808. The van der Waals surface area contributed by atoms with Crippen molar-refractivity contribution in [3.63, 3.8) is 0 Å². The van der Waals surface area contributed by atoms with E-state index < -0.39 is 0 Å². The van der Waals surface area contributed by atoms with E-state index in [1.54, 1.807) is 12.1 Å². The topological polar surface area (TPSA) is 38.0 Å². The van der Waals surface area contributed by atoms with Crippen molar-refractivity contribution in [1.82, 2.24) is 0 Å². The molecule has 2 atom stereocenters. The summed E-state index contributed by atoms with van der Waals surface area (Å²) in [7, 11) is 0. The molecule has 2 rings (SSSR count). The van der Waals surface area contributed by atoms with Crippen molar-refractivity contribution in [2.24, 2.45) is 0 Å². The fourth-order valence-corrected chi connectivity index (χ4v) is 3.47. The predicted octanol–water partition coefficient (Wildman–Crippen LogP) is 3.49. The molecule has 2 unspecified atom stereocenters. The van der Waals surface area contributed by atoms with Gasteiger partial charge in [0.2, 0.25) is 0 Å². The van der Waals surface area contributed by atoms with Gasteiger partial charge in [-0.15, -0.1) is 0 Å². The molecule has 1 saturated carbocycles. The van der Waals surface area contributed by atoms with Crippen molar-refractivity contribution in [2.45, 2.75) is 37.5 Å². The molecule has 0 amide bonds. The van der Waals surface area contributed by atoms with Crippen LogP contribution in [-0.2, 0) is 0 Å². The fraction of sp³-hybridized carbons (Fsp3) is 0.538. The van der Waals surface area contributed by atoms with Gasteiger partial charge in [-0.2, -0.15) is 11.8 Å². The molecule has 2 nitrogen and oxygen atoms in total. The van der Waals surface area contributed by atoms with Crippen molar-refractivity contribution in [3.8, 4) is 0 Å². The number of hydrogen-bond acceptors (Lipinski definition) is 3. The van der Waals surface area contributed by atoms with E-state index in [1.807, 2.05) is 11.8 Å². The van der Waals surface area contributed by atoms with Crippen LogP contribution in [0.1, 0.15) is 26.2 Å².